The minimum atomic E-state index is -0.366. The van der Waals surface area contributed by atoms with E-state index in [1.165, 1.54) is 0 Å². The zero-order valence-electron chi connectivity index (χ0n) is 9.35. The van der Waals surface area contributed by atoms with E-state index in [1.807, 2.05) is 24.3 Å². The van der Waals surface area contributed by atoms with Crippen molar-refractivity contribution < 1.29 is 5.11 Å². The van der Waals surface area contributed by atoms with Crippen LogP contribution in [0.1, 0.15) is 5.82 Å². The number of H-pyrrole nitrogens is 1. The summed E-state index contributed by atoms with van der Waals surface area (Å²) in [4.78, 5) is 12.0. The van der Waals surface area contributed by atoms with Crippen LogP contribution in [0.5, 0.6) is 0 Å². The number of hydrogen-bond acceptors (Lipinski definition) is 4. The van der Waals surface area contributed by atoms with Crippen molar-refractivity contribution in [2.24, 2.45) is 4.99 Å². The molecule has 0 bridgehead atoms. The fourth-order valence-corrected chi connectivity index (χ4v) is 1.94. The Bertz CT molecular complexity index is 527. The van der Waals surface area contributed by atoms with E-state index < -0.39 is 0 Å². The SMILES string of the molecule is OC1CN=C(Cc2nc3ccccc3[nH]2)NC1. The van der Waals surface area contributed by atoms with Crippen molar-refractivity contribution in [3.8, 4) is 0 Å². The molecular weight excluding hydrogens is 216 g/mol. The summed E-state index contributed by atoms with van der Waals surface area (Å²) in [7, 11) is 0. The summed E-state index contributed by atoms with van der Waals surface area (Å²) >= 11 is 0. The molecule has 1 aromatic heterocycles. The third kappa shape index (κ3) is 2.14. The number of hydrogen-bond donors (Lipinski definition) is 3. The molecule has 0 spiro atoms. The molecule has 0 radical (unpaired) electrons. The second-order valence-electron chi connectivity index (χ2n) is 4.20. The number of aromatic nitrogens is 2. The highest BCUT2D eigenvalue weighted by atomic mass is 16.3. The van der Waals surface area contributed by atoms with Crippen LogP contribution in [0, 0.1) is 0 Å². The molecule has 3 N–H and O–H groups in total. The van der Waals surface area contributed by atoms with Crippen LogP contribution in [-0.2, 0) is 6.42 Å². The van der Waals surface area contributed by atoms with Gasteiger partial charge < -0.3 is 15.4 Å². The van der Waals surface area contributed by atoms with Crippen molar-refractivity contribution in [2.75, 3.05) is 13.1 Å². The predicted molar refractivity (Wildman–Crippen MR) is 66.1 cm³/mol. The first-order valence-corrected chi connectivity index (χ1v) is 5.70. The van der Waals surface area contributed by atoms with Gasteiger partial charge in [0, 0.05) is 6.54 Å². The predicted octanol–water partition coefficient (Wildman–Crippen LogP) is 0.468. The van der Waals surface area contributed by atoms with Gasteiger partial charge in [-0.05, 0) is 12.1 Å². The lowest BCUT2D eigenvalue weighted by Crippen LogP contribution is -2.39. The number of nitrogens with zero attached hydrogens (tertiary/aromatic N) is 2. The Morgan fingerprint density at radius 3 is 3.00 bits per heavy atom. The van der Waals surface area contributed by atoms with Gasteiger partial charge in [-0.2, -0.15) is 0 Å². The monoisotopic (exact) mass is 230 g/mol. The zero-order chi connectivity index (χ0) is 11.7. The number of β-amino-alcohol motifs (C(OH)–C–C–N with tert-alkyl or cyclic N) is 1. The van der Waals surface area contributed by atoms with Gasteiger partial charge in [0.1, 0.15) is 11.7 Å². The number of nitrogens with one attached hydrogen (secondary N) is 2. The Morgan fingerprint density at radius 1 is 1.35 bits per heavy atom. The maximum absolute atomic E-state index is 9.31. The molecular formula is C12H14N4O. The van der Waals surface area contributed by atoms with Gasteiger partial charge in [-0.25, -0.2) is 4.98 Å². The summed E-state index contributed by atoms with van der Waals surface area (Å²) in [6, 6.07) is 7.94. The van der Waals surface area contributed by atoms with E-state index in [0.717, 1.165) is 22.7 Å². The minimum absolute atomic E-state index is 0.366. The smallest absolute Gasteiger partial charge is 0.114 e. The molecule has 1 atom stereocenters. The standard InChI is InChI=1S/C12H14N4O/c17-8-6-13-11(14-7-8)5-12-15-9-3-1-2-4-10(9)16-12/h1-4,8,17H,5-7H2,(H,13,14)(H,15,16). The number of aliphatic hydroxyl groups excluding tert-OH is 1. The first kappa shape index (κ1) is 10.3. The van der Waals surface area contributed by atoms with Crippen LogP contribution in [0.2, 0.25) is 0 Å². The van der Waals surface area contributed by atoms with Crippen LogP contribution < -0.4 is 5.32 Å². The Morgan fingerprint density at radius 2 is 2.24 bits per heavy atom. The van der Waals surface area contributed by atoms with Crippen LogP contribution in [-0.4, -0.2) is 40.1 Å². The lowest BCUT2D eigenvalue weighted by Gasteiger charge is -2.18. The van der Waals surface area contributed by atoms with Gasteiger partial charge in [0.25, 0.3) is 0 Å². The molecule has 17 heavy (non-hydrogen) atoms. The average Bonchev–Trinajstić information content (AvgIpc) is 2.74. The van der Waals surface area contributed by atoms with E-state index in [9.17, 15) is 5.11 Å². The van der Waals surface area contributed by atoms with Crippen molar-refractivity contribution in [3.63, 3.8) is 0 Å². The molecule has 0 fully saturated rings. The van der Waals surface area contributed by atoms with Gasteiger partial charge in [-0.3, -0.25) is 4.99 Å². The number of aliphatic imine (C=N–C) groups is 1. The average molecular weight is 230 g/mol. The second kappa shape index (κ2) is 4.18. The Labute approximate surface area is 98.6 Å². The van der Waals surface area contributed by atoms with E-state index >= 15 is 0 Å². The minimum Gasteiger partial charge on any atom is -0.389 e. The van der Waals surface area contributed by atoms with E-state index in [4.69, 9.17) is 0 Å². The molecule has 0 saturated heterocycles. The van der Waals surface area contributed by atoms with Crippen molar-refractivity contribution in [2.45, 2.75) is 12.5 Å². The Balaban J connectivity index is 1.81. The molecule has 5 heteroatoms. The molecule has 2 heterocycles. The number of benzene rings is 1. The topological polar surface area (TPSA) is 73.3 Å². The molecule has 3 rings (SSSR count). The first-order chi connectivity index (χ1) is 8.31. The normalized spacial score (nSPS) is 20.1. The van der Waals surface area contributed by atoms with Crippen LogP contribution >= 0.6 is 0 Å². The molecule has 1 aromatic carbocycles. The van der Waals surface area contributed by atoms with Crippen LogP contribution in [0.4, 0.5) is 0 Å². The van der Waals surface area contributed by atoms with E-state index in [-0.39, 0.29) is 6.10 Å². The highest BCUT2D eigenvalue weighted by molar-refractivity contribution is 5.85. The summed E-state index contributed by atoms with van der Waals surface area (Å²) < 4.78 is 0. The van der Waals surface area contributed by atoms with Gasteiger partial charge in [0.2, 0.25) is 0 Å². The van der Waals surface area contributed by atoms with Crippen molar-refractivity contribution in [1.82, 2.24) is 15.3 Å². The molecule has 5 nitrogen and oxygen atoms in total. The quantitative estimate of drug-likeness (QED) is 0.702. The lowest BCUT2D eigenvalue weighted by molar-refractivity contribution is 0.181. The van der Waals surface area contributed by atoms with Gasteiger partial charge >= 0.3 is 0 Å². The van der Waals surface area contributed by atoms with E-state index in [2.05, 4.69) is 20.3 Å². The van der Waals surface area contributed by atoms with Gasteiger partial charge in [0.15, 0.2) is 0 Å². The number of rotatable bonds is 2. The fourth-order valence-electron chi connectivity index (χ4n) is 1.94. The van der Waals surface area contributed by atoms with Gasteiger partial charge in [0.05, 0.1) is 30.1 Å². The Kier molecular flexibility index (Phi) is 2.53. The maximum atomic E-state index is 9.31. The summed E-state index contributed by atoms with van der Waals surface area (Å²) in [6.45, 7) is 1.04. The highest BCUT2D eigenvalue weighted by Gasteiger charge is 2.13. The summed E-state index contributed by atoms with van der Waals surface area (Å²) in [5, 5.41) is 12.4. The molecule has 0 aliphatic carbocycles. The molecule has 1 aliphatic heterocycles. The molecule has 0 saturated carbocycles. The van der Waals surface area contributed by atoms with Gasteiger partial charge in [-0.15, -0.1) is 0 Å². The van der Waals surface area contributed by atoms with Crippen molar-refractivity contribution in [1.29, 1.82) is 0 Å². The van der Waals surface area contributed by atoms with Crippen molar-refractivity contribution >= 4 is 16.9 Å². The second-order valence-corrected chi connectivity index (χ2v) is 4.20. The number of imidazole rings is 1. The fraction of sp³-hybridized carbons (Fsp3) is 0.333. The van der Waals surface area contributed by atoms with Crippen LogP contribution in [0.15, 0.2) is 29.3 Å². The van der Waals surface area contributed by atoms with Crippen LogP contribution in [0.25, 0.3) is 11.0 Å². The van der Waals surface area contributed by atoms with Gasteiger partial charge in [-0.1, -0.05) is 12.1 Å². The molecule has 1 unspecified atom stereocenters. The molecule has 2 aromatic rings. The maximum Gasteiger partial charge on any atom is 0.114 e. The van der Waals surface area contributed by atoms with E-state index in [0.29, 0.717) is 19.5 Å². The van der Waals surface area contributed by atoms with Crippen LogP contribution in [0.3, 0.4) is 0 Å². The largest absolute Gasteiger partial charge is 0.389 e. The molecule has 88 valence electrons. The Hall–Kier alpha value is -1.88. The number of aromatic amines is 1. The molecule has 0 amide bonds. The number of fused-ring (bicyclic) bond motifs is 1. The third-order valence-electron chi connectivity index (χ3n) is 2.81. The number of aliphatic hydroxyl groups is 1. The van der Waals surface area contributed by atoms with E-state index in [1.54, 1.807) is 0 Å². The molecule has 1 aliphatic rings. The summed E-state index contributed by atoms with van der Waals surface area (Å²) in [5.74, 6) is 1.78. The van der Waals surface area contributed by atoms with Crippen molar-refractivity contribution in [3.05, 3.63) is 30.1 Å². The first-order valence-electron chi connectivity index (χ1n) is 5.70. The summed E-state index contributed by atoms with van der Waals surface area (Å²) in [5.41, 5.74) is 2.01. The number of amidine groups is 1. The highest BCUT2D eigenvalue weighted by Crippen LogP contribution is 2.11. The summed E-state index contributed by atoms with van der Waals surface area (Å²) in [6.07, 6.45) is 0.288. The number of para-hydroxylation sites is 2. The zero-order valence-corrected chi connectivity index (χ0v) is 9.35. The lowest BCUT2D eigenvalue weighted by atomic mass is 10.2. The third-order valence-corrected chi connectivity index (χ3v) is 2.81.